The molecule has 4 heteroatoms. The Morgan fingerprint density at radius 2 is 1.72 bits per heavy atom. The first kappa shape index (κ1) is 22.1. The Bertz CT molecular complexity index is 615. The monoisotopic (exact) mass is 403 g/mol. The van der Waals surface area contributed by atoms with Crippen LogP contribution in [0.15, 0.2) is 24.3 Å². The highest BCUT2D eigenvalue weighted by Crippen LogP contribution is 2.33. The Morgan fingerprint density at radius 1 is 1.07 bits per heavy atom. The van der Waals surface area contributed by atoms with Crippen molar-refractivity contribution in [1.29, 1.82) is 0 Å². The molecule has 0 spiro atoms. The van der Waals surface area contributed by atoms with Crippen LogP contribution in [0.25, 0.3) is 0 Å². The lowest BCUT2D eigenvalue weighted by Crippen LogP contribution is -2.32. The summed E-state index contributed by atoms with van der Waals surface area (Å²) in [7, 11) is 0. The van der Waals surface area contributed by atoms with Crippen molar-refractivity contribution in [2.24, 2.45) is 11.8 Å². The quantitative estimate of drug-likeness (QED) is 0.470. The molecule has 161 valence electrons. The van der Waals surface area contributed by atoms with Crippen molar-refractivity contribution in [2.45, 2.75) is 89.8 Å². The molecule has 2 fully saturated rings. The first-order valence-corrected chi connectivity index (χ1v) is 11.5. The standard InChI is InChI=1S/C25H36FO3/c1-3-18(2)24(26)25(27)29-23-13-9-19(10-14-23)17-28-22-15-11-21(12-16-22)20-7-5-4-6-8-20/h4,11-12,15-16,18-20,23-24H,3,5-10,13-14,17H2,1-2H3/t18-,19-,23-,24-/m0/s1. The van der Waals surface area contributed by atoms with Crippen LogP contribution in [0.3, 0.4) is 0 Å². The maximum Gasteiger partial charge on any atom is 0.341 e. The zero-order chi connectivity index (χ0) is 20.6. The Hall–Kier alpha value is -1.58. The zero-order valence-electron chi connectivity index (χ0n) is 17.9. The van der Waals surface area contributed by atoms with Crippen molar-refractivity contribution in [3.8, 4) is 5.75 Å². The number of hydrogen-bond acceptors (Lipinski definition) is 3. The molecule has 0 saturated heterocycles. The van der Waals surface area contributed by atoms with Gasteiger partial charge in [-0.1, -0.05) is 32.4 Å². The third-order valence-electron chi connectivity index (χ3n) is 6.72. The molecule has 0 heterocycles. The molecule has 1 aromatic rings. The molecule has 0 N–H and O–H groups in total. The predicted molar refractivity (Wildman–Crippen MR) is 114 cm³/mol. The third-order valence-corrected chi connectivity index (χ3v) is 6.72. The van der Waals surface area contributed by atoms with Crippen LogP contribution in [0.1, 0.15) is 83.1 Å². The summed E-state index contributed by atoms with van der Waals surface area (Å²) in [6.45, 7) is 4.33. The van der Waals surface area contributed by atoms with Crippen LogP contribution in [-0.4, -0.2) is 24.9 Å². The van der Waals surface area contributed by atoms with E-state index in [1.54, 1.807) is 6.92 Å². The molecular formula is C25H36FO3. The van der Waals surface area contributed by atoms with E-state index >= 15 is 0 Å². The lowest BCUT2D eigenvalue weighted by Gasteiger charge is -2.29. The van der Waals surface area contributed by atoms with Crippen molar-refractivity contribution in [2.75, 3.05) is 6.61 Å². The van der Waals surface area contributed by atoms with Crippen LogP contribution in [-0.2, 0) is 9.53 Å². The average Bonchev–Trinajstić information content (AvgIpc) is 2.78. The first-order valence-electron chi connectivity index (χ1n) is 11.5. The highest BCUT2D eigenvalue weighted by Gasteiger charge is 2.30. The number of benzene rings is 1. The Labute approximate surface area is 175 Å². The summed E-state index contributed by atoms with van der Waals surface area (Å²) in [4.78, 5) is 11.9. The van der Waals surface area contributed by atoms with Crippen molar-refractivity contribution in [1.82, 2.24) is 0 Å². The smallest absolute Gasteiger partial charge is 0.341 e. The van der Waals surface area contributed by atoms with Gasteiger partial charge < -0.3 is 9.47 Å². The summed E-state index contributed by atoms with van der Waals surface area (Å²) in [5, 5.41) is 0. The number of esters is 1. The van der Waals surface area contributed by atoms with Crippen LogP contribution in [0.4, 0.5) is 4.39 Å². The SMILES string of the molecule is CC[C@H](C)[C@H](F)C(=O)O[C@H]1CC[C@H](COc2ccc(C3CC[CH]CC3)cc2)CC1. The Morgan fingerprint density at radius 3 is 2.34 bits per heavy atom. The molecule has 29 heavy (non-hydrogen) atoms. The highest BCUT2D eigenvalue weighted by atomic mass is 19.1. The van der Waals surface area contributed by atoms with Crippen molar-refractivity contribution in [3.05, 3.63) is 36.2 Å². The molecule has 0 unspecified atom stereocenters. The highest BCUT2D eigenvalue weighted by molar-refractivity contribution is 5.75. The number of ether oxygens (including phenoxy) is 2. The largest absolute Gasteiger partial charge is 0.493 e. The minimum atomic E-state index is -1.50. The maximum atomic E-state index is 14.0. The number of carbonyl (C=O) groups excluding carboxylic acids is 1. The maximum absolute atomic E-state index is 14.0. The second-order valence-electron chi connectivity index (χ2n) is 8.89. The minimum Gasteiger partial charge on any atom is -0.493 e. The van der Waals surface area contributed by atoms with E-state index in [1.807, 2.05) is 6.92 Å². The molecule has 2 saturated carbocycles. The first-order chi connectivity index (χ1) is 14.1. The van der Waals surface area contributed by atoms with Crippen LogP contribution >= 0.6 is 0 Å². The molecule has 0 aliphatic heterocycles. The summed E-state index contributed by atoms with van der Waals surface area (Å²) in [5.41, 5.74) is 1.43. The van der Waals surface area contributed by atoms with Gasteiger partial charge in [0.25, 0.3) is 0 Å². The molecule has 0 amide bonds. The van der Waals surface area contributed by atoms with E-state index in [0.29, 0.717) is 24.9 Å². The van der Waals surface area contributed by atoms with Gasteiger partial charge in [-0.15, -0.1) is 0 Å². The van der Waals surface area contributed by atoms with Gasteiger partial charge in [-0.25, -0.2) is 9.18 Å². The predicted octanol–water partition coefficient (Wildman–Crippen LogP) is 6.41. The fourth-order valence-electron chi connectivity index (χ4n) is 4.40. The summed E-state index contributed by atoms with van der Waals surface area (Å²) in [6, 6.07) is 8.62. The summed E-state index contributed by atoms with van der Waals surface area (Å²) >= 11 is 0. The third kappa shape index (κ3) is 6.45. The molecular weight excluding hydrogens is 367 g/mol. The molecule has 3 nitrogen and oxygen atoms in total. The van der Waals surface area contributed by atoms with Gasteiger partial charge >= 0.3 is 5.97 Å². The lowest BCUT2D eigenvalue weighted by molar-refractivity contribution is -0.159. The van der Waals surface area contributed by atoms with Gasteiger partial charge in [0.2, 0.25) is 0 Å². The van der Waals surface area contributed by atoms with Gasteiger partial charge in [0, 0.05) is 0 Å². The van der Waals surface area contributed by atoms with Crippen molar-refractivity contribution >= 4 is 5.97 Å². The fraction of sp³-hybridized carbons (Fsp3) is 0.680. The van der Waals surface area contributed by atoms with Crippen LogP contribution in [0, 0.1) is 18.3 Å². The summed E-state index contributed by atoms with van der Waals surface area (Å²) in [6.07, 6.45) is 9.85. The van der Waals surface area contributed by atoms with Gasteiger partial charge in [-0.05, 0) is 93.2 Å². The lowest BCUT2D eigenvalue weighted by atomic mass is 9.84. The number of halogens is 1. The second kappa shape index (κ2) is 11.0. The van der Waals surface area contributed by atoms with E-state index in [1.165, 1.54) is 31.2 Å². The van der Waals surface area contributed by atoms with Gasteiger partial charge in [0.15, 0.2) is 6.17 Å². The van der Waals surface area contributed by atoms with Gasteiger partial charge in [-0.3, -0.25) is 0 Å². The molecule has 3 rings (SSSR count). The van der Waals surface area contributed by atoms with Crippen LogP contribution in [0.2, 0.25) is 0 Å². The van der Waals surface area contributed by atoms with E-state index in [0.717, 1.165) is 31.4 Å². The zero-order valence-corrected chi connectivity index (χ0v) is 17.9. The number of carbonyl (C=O) groups is 1. The summed E-state index contributed by atoms with van der Waals surface area (Å²) < 4.78 is 25.4. The van der Waals surface area contributed by atoms with E-state index in [9.17, 15) is 9.18 Å². The minimum absolute atomic E-state index is 0.145. The molecule has 0 aromatic heterocycles. The van der Waals surface area contributed by atoms with Crippen LogP contribution < -0.4 is 4.74 Å². The Balaban J connectivity index is 1.37. The van der Waals surface area contributed by atoms with Crippen LogP contribution in [0.5, 0.6) is 5.75 Å². The topological polar surface area (TPSA) is 35.5 Å². The van der Waals surface area contributed by atoms with Gasteiger partial charge in [-0.2, -0.15) is 0 Å². The number of rotatable bonds is 8. The fourth-order valence-corrected chi connectivity index (χ4v) is 4.40. The van der Waals surface area contributed by atoms with E-state index < -0.39 is 12.1 Å². The van der Waals surface area contributed by atoms with Crippen molar-refractivity contribution < 1.29 is 18.7 Å². The molecule has 2 aliphatic carbocycles. The second-order valence-corrected chi connectivity index (χ2v) is 8.89. The van der Waals surface area contributed by atoms with Gasteiger partial charge in [0.05, 0.1) is 6.61 Å². The van der Waals surface area contributed by atoms with E-state index in [-0.39, 0.29) is 12.0 Å². The van der Waals surface area contributed by atoms with Gasteiger partial charge in [0.1, 0.15) is 11.9 Å². The molecule has 2 atom stereocenters. The summed E-state index contributed by atoms with van der Waals surface area (Å²) in [5.74, 6) is 1.12. The number of alkyl halides is 1. The molecule has 1 radical (unpaired) electrons. The molecule has 0 bridgehead atoms. The van der Waals surface area contributed by atoms with E-state index in [2.05, 4.69) is 30.7 Å². The average molecular weight is 404 g/mol. The van der Waals surface area contributed by atoms with Crippen molar-refractivity contribution in [3.63, 3.8) is 0 Å². The normalized spacial score (nSPS) is 25.2. The molecule has 1 aromatic carbocycles. The van der Waals surface area contributed by atoms with E-state index in [4.69, 9.17) is 9.47 Å². The molecule has 2 aliphatic rings. The Kier molecular flexibility index (Phi) is 8.38. The number of hydrogen-bond donors (Lipinski definition) is 0.